The lowest BCUT2D eigenvalue weighted by Gasteiger charge is -2.32. The maximum atomic E-state index is 2.57. The Morgan fingerprint density at radius 2 is 1.42 bits per heavy atom. The topological polar surface area (TPSA) is 8.17 Å². The van der Waals surface area contributed by atoms with Gasteiger partial charge in [-0.05, 0) is 71.5 Å². The minimum absolute atomic E-state index is 0.272. The average Bonchev–Trinajstić information content (AvgIpc) is 3.51. The van der Waals surface area contributed by atoms with Crippen LogP contribution in [-0.2, 0) is 0 Å². The van der Waals surface area contributed by atoms with Crippen molar-refractivity contribution in [1.29, 1.82) is 0 Å². The number of allylic oxidation sites excluding steroid dienone is 3. The number of hydrogen-bond donors (Lipinski definition) is 0. The third-order valence-electron chi connectivity index (χ3n) is 8.37. The Bertz CT molecular complexity index is 1770. The Kier molecular flexibility index (Phi) is 4.81. The van der Waals surface area contributed by atoms with Gasteiger partial charge in [-0.1, -0.05) is 97.1 Å². The third kappa shape index (κ3) is 3.13. The fourth-order valence-corrected chi connectivity index (χ4v) is 6.75. The number of hydrogen-bond acceptors (Lipinski definition) is 1. The summed E-state index contributed by atoms with van der Waals surface area (Å²) in [6.45, 7) is 0. The van der Waals surface area contributed by atoms with Gasteiger partial charge in [0, 0.05) is 28.4 Å². The Labute approximate surface area is 223 Å². The zero-order valence-electron chi connectivity index (χ0n) is 21.2. The molecule has 2 heteroatoms. The first-order chi connectivity index (χ1) is 18.9. The van der Waals surface area contributed by atoms with Crippen LogP contribution in [0.15, 0.2) is 133 Å². The lowest BCUT2D eigenvalue weighted by Crippen LogP contribution is -2.33. The first-order valence-corrected chi connectivity index (χ1v) is 13.6. The van der Waals surface area contributed by atoms with E-state index in [1.807, 2.05) is 0 Å². The van der Waals surface area contributed by atoms with Crippen molar-refractivity contribution in [2.45, 2.75) is 24.8 Å². The molecule has 182 valence electrons. The van der Waals surface area contributed by atoms with Crippen molar-refractivity contribution >= 4 is 22.7 Å². The first-order valence-electron chi connectivity index (χ1n) is 13.6. The van der Waals surface area contributed by atoms with Crippen LogP contribution in [-0.4, -0.2) is 10.6 Å². The van der Waals surface area contributed by atoms with E-state index in [1.165, 1.54) is 55.9 Å². The maximum absolute atomic E-state index is 2.57. The maximum Gasteiger partial charge on any atom is 0.0637 e. The third-order valence-corrected chi connectivity index (χ3v) is 8.37. The van der Waals surface area contributed by atoms with Crippen molar-refractivity contribution in [1.82, 2.24) is 4.57 Å². The van der Waals surface area contributed by atoms with Gasteiger partial charge in [0.1, 0.15) is 0 Å². The lowest BCUT2D eigenvalue weighted by molar-refractivity contribution is 0.708. The predicted octanol–water partition coefficient (Wildman–Crippen LogP) is 8.88. The normalized spacial score (nSPS) is 19.3. The molecule has 0 saturated heterocycles. The largest absolute Gasteiger partial charge is 0.334 e. The summed E-state index contributed by atoms with van der Waals surface area (Å²) in [5.41, 5.74) is 11.8. The molecule has 3 aliphatic rings. The van der Waals surface area contributed by atoms with E-state index in [1.54, 1.807) is 0 Å². The molecule has 2 atom stereocenters. The predicted molar refractivity (Wildman–Crippen MR) is 159 cm³/mol. The molecule has 2 heterocycles. The second-order valence-corrected chi connectivity index (χ2v) is 10.4. The van der Waals surface area contributed by atoms with Gasteiger partial charge in [-0.3, -0.25) is 0 Å². The summed E-state index contributed by atoms with van der Waals surface area (Å²) in [5, 5.41) is 1.35. The molecule has 0 amide bonds. The Hall–Kier alpha value is -4.56. The van der Waals surface area contributed by atoms with Gasteiger partial charge in [0.15, 0.2) is 0 Å². The highest BCUT2D eigenvalue weighted by atomic mass is 15.2. The van der Waals surface area contributed by atoms with E-state index >= 15 is 0 Å². The van der Waals surface area contributed by atoms with Gasteiger partial charge < -0.3 is 9.47 Å². The molecule has 0 radical (unpaired) electrons. The zero-order chi connectivity index (χ0) is 25.1. The molecule has 0 bridgehead atoms. The van der Waals surface area contributed by atoms with E-state index in [-0.39, 0.29) is 12.0 Å². The molecule has 0 spiro atoms. The van der Waals surface area contributed by atoms with Gasteiger partial charge in [-0.25, -0.2) is 0 Å². The summed E-state index contributed by atoms with van der Waals surface area (Å²) in [6.07, 6.45) is 14.1. The molecule has 0 saturated carbocycles. The smallest absolute Gasteiger partial charge is 0.0637 e. The fraction of sp³-hybridized carbons (Fsp3) is 0.111. The van der Waals surface area contributed by atoms with Crippen LogP contribution in [0, 0.1) is 0 Å². The summed E-state index contributed by atoms with van der Waals surface area (Å²) in [7, 11) is 0. The van der Waals surface area contributed by atoms with E-state index < -0.39 is 0 Å². The van der Waals surface area contributed by atoms with E-state index in [4.69, 9.17) is 0 Å². The van der Waals surface area contributed by atoms with E-state index in [0.29, 0.717) is 0 Å². The molecule has 1 aliphatic heterocycles. The minimum Gasteiger partial charge on any atom is -0.334 e. The molecule has 2 aliphatic carbocycles. The highest BCUT2D eigenvalue weighted by Crippen LogP contribution is 2.53. The zero-order valence-corrected chi connectivity index (χ0v) is 21.2. The SMILES string of the molecule is C1=CC(N2c3ccccc3C3c4c(n(-c5ccc(-c6ccccc6)cc5)c5ccccc45)C=CC32)=CCC1. The van der Waals surface area contributed by atoms with Gasteiger partial charge in [0.25, 0.3) is 0 Å². The first kappa shape index (κ1) is 21.5. The van der Waals surface area contributed by atoms with Crippen molar-refractivity contribution in [3.8, 4) is 16.8 Å². The highest BCUT2D eigenvalue weighted by Gasteiger charge is 2.43. The Morgan fingerprint density at radius 1 is 0.658 bits per heavy atom. The van der Waals surface area contributed by atoms with Gasteiger partial charge in [0.2, 0.25) is 0 Å². The fourth-order valence-electron chi connectivity index (χ4n) is 6.75. The number of anilines is 1. The van der Waals surface area contributed by atoms with E-state index in [2.05, 4.69) is 143 Å². The summed E-state index contributed by atoms with van der Waals surface area (Å²) in [6, 6.07) is 37.8. The minimum atomic E-state index is 0.272. The van der Waals surface area contributed by atoms with E-state index in [9.17, 15) is 0 Å². The molecule has 0 N–H and O–H groups in total. The number of nitrogens with zero attached hydrogens (tertiary/aromatic N) is 2. The van der Waals surface area contributed by atoms with Crippen LogP contribution in [0.1, 0.15) is 35.6 Å². The molecular formula is C36H28N2. The van der Waals surface area contributed by atoms with Crippen LogP contribution in [0.25, 0.3) is 33.8 Å². The molecule has 4 aromatic carbocycles. The molecule has 5 aromatic rings. The Morgan fingerprint density at radius 3 is 2.26 bits per heavy atom. The number of para-hydroxylation sites is 2. The summed E-state index contributed by atoms with van der Waals surface area (Å²) < 4.78 is 2.46. The average molecular weight is 489 g/mol. The van der Waals surface area contributed by atoms with Gasteiger partial charge in [0.05, 0.1) is 17.3 Å². The molecular weight excluding hydrogens is 460 g/mol. The van der Waals surface area contributed by atoms with Gasteiger partial charge in [-0.15, -0.1) is 0 Å². The molecule has 0 fully saturated rings. The van der Waals surface area contributed by atoms with E-state index in [0.717, 1.165) is 12.8 Å². The quantitative estimate of drug-likeness (QED) is 0.246. The number of rotatable bonds is 3. The van der Waals surface area contributed by atoms with Crippen molar-refractivity contribution in [3.63, 3.8) is 0 Å². The standard InChI is InChI=1S/C36H28N2/c1-3-11-25(12-4-1)26-19-21-28(22-20-26)38-32-18-10-8-16-30(32)36-34(38)24-23-33-35(36)29-15-7-9-17-31(29)37(33)27-13-5-2-6-14-27/h1,3-5,7-24,33,35H,2,6H2. The molecule has 1 aromatic heterocycles. The summed E-state index contributed by atoms with van der Waals surface area (Å²) in [4.78, 5) is 2.57. The van der Waals surface area contributed by atoms with Crippen LogP contribution in [0.5, 0.6) is 0 Å². The van der Waals surface area contributed by atoms with Crippen LogP contribution in [0.3, 0.4) is 0 Å². The number of benzene rings is 4. The van der Waals surface area contributed by atoms with Crippen LogP contribution < -0.4 is 4.90 Å². The molecule has 38 heavy (non-hydrogen) atoms. The molecule has 2 nitrogen and oxygen atoms in total. The number of fused-ring (bicyclic) bond motifs is 7. The molecule has 2 unspecified atom stereocenters. The monoisotopic (exact) mass is 488 g/mol. The van der Waals surface area contributed by atoms with Crippen molar-refractivity contribution < 1.29 is 0 Å². The van der Waals surface area contributed by atoms with Crippen molar-refractivity contribution in [2.24, 2.45) is 0 Å². The van der Waals surface area contributed by atoms with Crippen LogP contribution in [0.4, 0.5) is 5.69 Å². The van der Waals surface area contributed by atoms with Crippen molar-refractivity contribution in [2.75, 3.05) is 4.90 Å². The second-order valence-electron chi connectivity index (χ2n) is 10.4. The van der Waals surface area contributed by atoms with Crippen LogP contribution >= 0.6 is 0 Å². The number of aromatic nitrogens is 1. The van der Waals surface area contributed by atoms with Crippen LogP contribution in [0.2, 0.25) is 0 Å². The summed E-state index contributed by atoms with van der Waals surface area (Å²) >= 11 is 0. The van der Waals surface area contributed by atoms with Gasteiger partial charge >= 0.3 is 0 Å². The highest BCUT2D eigenvalue weighted by molar-refractivity contribution is 5.94. The van der Waals surface area contributed by atoms with Crippen molar-refractivity contribution in [3.05, 3.63) is 150 Å². The Balaban J connectivity index is 1.32. The lowest BCUT2D eigenvalue weighted by atomic mass is 9.82. The second kappa shape index (κ2) is 8.49. The van der Waals surface area contributed by atoms with Gasteiger partial charge in [-0.2, -0.15) is 0 Å². The molecule has 8 rings (SSSR count). The summed E-state index contributed by atoms with van der Waals surface area (Å²) in [5.74, 6) is 0.289.